The largest absolute Gasteiger partial charge is 0.445 e. The minimum Gasteiger partial charge on any atom is -0.445 e. The molecule has 0 radical (unpaired) electrons. The van der Waals surface area contributed by atoms with E-state index in [4.69, 9.17) is 4.74 Å². The van der Waals surface area contributed by atoms with Gasteiger partial charge in [-0.2, -0.15) is 0 Å². The monoisotopic (exact) mass is 327 g/mol. The van der Waals surface area contributed by atoms with E-state index in [9.17, 15) is 9.18 Å². The second-order valence-electron chi connectivity index (χ2n) is 6.25. The van der Waals surface area contributed by atoms with Crippen LogP contribution in [0.4, 0.5) is 9.18 Å². The molecule has 0 aliphatic carbocycles. The molecule has 0 unspecified atom stereocenters. The Morgan fingerprint density at radius 2 is 2.00 bits per heavy atom. The van der Waals surface area contributed by atoms with Gasteiger partial charge in [-0.25, -0.2) is 9.18 Å². The third-order valence-electron chi connectivity index (χ3n) is 4.53. The van der Waals surface area contributed by atoms with E-state index >= 15 is 0 Å². The molecule has 0 spiro atoms. The first-order valence-electron chi connectivity index (χ1n) is 8.38. The van der Waals surface area contributed by atoms with Crippen LogP contribution in [0.3, 0.4) is 0 Å². The van der Waals surface area contributed by atoms with Crippen molar-refractivity contribution in [2.75, 3.05) is 6.54 Å². The van der Waals surface area contributed by atoms with Crippen LogP contribution in [0.1, 0.15) is 42.0 Å². The zero-order valence-corrected chi connectivity index (χ0v) is 13.9. The van der Waals surface area contributed by atoms with Crippen LogP contribution in [0.25, 0.3) is 0 Å². The molecule has 3 rings (SSSR count). The Balaban J connectivity index is 1.73. The van der Waals surface area contributed by atoms with Crippen LogP contribution >= 0.6 is 0 Å². The van der Waals surface area contributed by atoms with Crippen LogP contribution in [0.5, 0.6) is 0 Å². The van der Waals surface area contributed by atoms with Gasteiger partial charge in [-0.1, -0.05) is 36.4 Å². The lowest BCUT2D eigenvalue weighted by molar-refractivity contribution is 0.0677. The van der Waals surface area contributed by atoms with Crippen molar-refractivity contribution in [2.45, 2.75) is 38.8 Å². The predicted octanol–water partition coefficient (Wildman–Crippen LogP) is 5.00. The number of hydrogen-bond donors (Lipinski definition) is 0. The number of piperidine rings is 1. The number of rotatable bonds is 3. The normalized spacial score (nSPS) is 17.6. The highest BCUT2D eigenvalue weighted by Crippen LogP contribution is 2.33. The summed E-state index contributed by atoms with van der Waals surface area (Å²) in [5.74, 6) is -0.245. The van der Waals surface area contributed by atoms with E-state index in [0.717, 1.165) is 36.0 Å². The molecule has 2 aromatic rings. The van der Waals surface area contributed by atoms with Gasteiger partial charge in [0.15, 0.2) is 0 Å². The van der Waals surface area contributed by atoms with Crippen molar-refractivity contribution in [3.63, 3.8) is 0 Å². The van der Waals surface area contributed by atoms with E-state index in [1.54, 1.807) is 11.0 Å². The number of nitrogens with zero attached hydrogens (tertiary/aromatic N) is 1. The van der Waals surface area contributed by atoms with Crippen molar-refractivity contribution < 1.29 is 13.9 Å². The molecular weight excluding hydrogens is 305 g/mol. The van der Waals surface area contributed by atoms with Gasteiger partial charge >= 0.3 is 6.09 Å². The topological polar surface area (TPSA) is 29.5 Å². The Kier molecular flexibility index (Phi) is 5.14. The van der Waals surface area contributed by atoms with Crippen LogP contribution in [0.2, 0.25) is 0 Å². The quantitative estimate of drug-likeness (QED) is 0.794. The molecule has 1 aliphatic rings. The number of hydrogen-bond acceptors (Lipinski definition) is 2. The van der Waals surface area contributed by atoms with E-state index in [2.05, 4.69) is 0 Å². The second-order valence-corrected chi connectivity index (χ2v) is 6.25. The molecule has 4 heteroatoms. The minimum atomic E-state index is -0.299. The summed E-state index contributed by atoms with van der Waals surface area (Å²) in [7, 11) is 0. The predicted molar refractivity (Wildman–Crippen MR) is 91.1 cm³/mol. The van der Waals surface area contributed by atoms with E-state index < -0.39 is 0 Å². The zero-order chi connectivity index (χ0) is 16.9. The molecule has 1 atom stereocenters. The van der Waals surface area contributed by atoms with Gasteiger partial charge in [-0.05, 0) is 55.0 Å². The first kappa shape index (κ1) is 16.5. The lowest BCUT2D eigenvalue weighted by atomic mass is 9.92. The molecule has 126 valence electrons. The smallest absolute Gasteiger partial charge is 0.410 e. The Labute approximate surface area is 142 Å². The molecule has 3 nitrogen and oxygen atoms in total. The number of carbonyl (C=O) groups is 1. The molecule has 24 heavy (non-hydrogen) atoms. The van der Waals surface area contributed by atoms with Gasteiger partial charge in [-0.3, -0.25) is 0 Å². The van der Waals surface area contributed by atoms with Gasteiger partial charge in [0.1, 0.15) is 12.4 Å². The Morgan fingerprint density at radius 1 is 1.21 bits per heavy atom. The molecule has 1 aliphatic heterocycles. The van der Waals surface area contributed by atoms with Gasteiger partial charge in [0, 0.05) is 6.54 Å². The number of halogens is 1. The lowest BCUT2D eigenvalue weighted by Crippen LogP contribution is -2.39. The molecule has 1 heterocycles. The number of aryl methyl sites for hydroxylation is 1. The van der Waals surface area contributed by atoms with Crippen LogP contribution in [-0.2, 0) is 11.3 Å². The molecular formula is C20H22FNO2. The number of likely N-dealkylation sites (tertiary alicyclic amines) is 1. The molecule has 1 amide bonds. The summed E-state index contributed by atoms with van der Waals surface area (Å²) in [5.41, 5.74) is 2.85. The number of ether oxygens (including phenoxy) is 1. The molecule has 2 aromatic carbocycles. The number of benzene rings is 2. The van der Waals surface area contributed by atoms with Crippen LogP contribution in [0, 0.1) is 12.7 Å². The standard InChI is InChI=1S/C20H22FNO2/c1-15-13-17(21)10-11-18(15)19-9-5-6-12-22(19)20(23)24-14-16-7-3-2-4-8-16/h2-4,7-8,10-11,13,19H,5-6,9,12,14H2,1H3/t19-/m1/s1. The number of carbonyl (C=O) groups excluding carboxylic acids is 1. The highest BCUT2D eigenvalue weighted by molar-refractivity contribution is 5.68. The van der Waals surface area contributed by atoms with Crippen molar-refractivity contribution in [2.24, 2.45) is 0 Å². The fourth-order valence-electron chi connectivity index (χ4n) is 3.29. The molecule has 0 N–H and O–H groups in total. The Hall–Kier alpha value is -2.36. The summed E-state index contributed by atoms with van der Waals surface area (Å²) < 4.78 is 18.9. The van der Waals surface area contributed by atoms with Crippen LogP contribution in [0.15, 0.2) is 48.5 Å². The fourth-order valence-corrected chi connectivity index (χ4v) is 3.29. The maximum Gasteiger partial charge on any atom is 0.410 e. The molecule has 0 saturated carbocycles. The SMILES string of the molecule is Cc1cc(F)ccc1[C@H]1CCCCN1C(=O)OCc1ccccc1. The average molecular weight is 327 g/mol. The van der Waals surface area contributed by atoms with Gasteiger partial charge in [0.25, 0.3) is 0 Å². The molecule has 1 saturated heterocycles. The molecule has 1 fully saturated rings. The van der Waals surface area contributed by atoms with Gasteiger partial charge < -0.3 is 9.64 Å². The lowest BCUT2D eigenvalue weighted by Gasteiger charge is -2.36. The van der Waals surface area contributed by atoms with Crippen molar-refractivity contribution in [1.82, 2.24) is 4.90 Å². The minimum absolute atomic E-state index is 0.0392. The first-order chi connectivity index (χ1) is 11.6. The van der Waals surface area contributed by atoms with Gasteiger partial charge in [-0.15, -0.1) is 0 Å². The third-order valence-corrected chi connectivity index (χ3v) is 4.53. The maximum absolute atomic E-state index is 13.4. The fraction of sp³-hybridized carbons (Fsp3) is 0.350. The van der Waals surface area contributed by atoms with Crippen molar-refractivity contribution >= 4 is 6.09 Å². The summed E-state index contributed by atoms with van der Waals surface area (Å²) in [6.07, 6.45) is 2.61. The van der Waals surface area contributed by atoms with E-state index in [1.807, 2.05) is 37.3 Å². The van der Waals surface area contributed by atoms with Crippen molar-refractivity contribution in [3.8, 4) is 0 Å². The summed E-state index contributed by atoms with van der Waals surface area (Å²) in [6, 6.07) is 14.4. The highest BCUT2D eigenvalue weighted by atomic mass is 19.1. The average Bonchev–Trinajstić information content (AvgIpc) is 2.61. The Morgan fingerprint density at radius 3 is 2.75 bits per heavy atom. The van der Waals surface area contributed by atoms with E-state index in [-0.39, 0.29) is 24.6 Å². The summed E-state index contributed by atoms with van der Waals surface area (Å²) >= 11 is 0. The summed E-state index contributed by atoms with van der Waals surface area (Å²) in [5, 5.41) is 0. The van der Waals surface area contributed by atoms with Crippen LogP contribution < -0.4 is 0 Å². The summed E-state index contributed by atoms with van der Waals surface area (Å²) in [4.78, 5) is 14.3. The maximum atomic E-state index is 13.4. The third kappa shape index (κ3) is 3.75. The Bertz CT molecular complexity index is 702. The highest BCUT2D eigenvalue weighted by Gasteiger charge is 2.30. The van der Waals surface area contributed by atoms with Crippen LogP contribution in [-0.4, -0.2) is 17.5 Å². The summed E-state index contributed by atoms with van der Waals surface area (Å²) in [6.45, 7) is 2.83. The molecule has 0 aromatic heterocycles. The van der Waals surface area contributed by atoms with Gasteiger partial charge in [0.2, 0.25) is 0 Å². The van der Waals surface area contributed by atoms with Crippen molar-refractivity contribution in [3.05, 3.63) is 71.0 Å². The van der Waals surface area contributed by atoms with E-state index in [1.165, 1.54) is 12.1 Å². The van der Waals surface area contributed by atoms with Crippen molar-refractivity contribution in [1.29, 1.82) is 0 Å². The number of amides is 1. The zero-order valence-electron chi connectivity index (χ0n) is 13.9. The first-order valence-corrected chi connectivity index (χ1v) is 8.38. The molecule has 0 bridgehead atoms. The second kappa shape index (κ2) is 7.47. The van der Waals surface area contributed by atoms with Gasteiger partial charge in [0.05, 0.1) is 6.04 Å². The van der Waals surface area contributed by atoms with E-state index in [0.29, 0.717) is 6.54 Å².